The summed E-state index contributed by atoms with van der Waals surface area (Å²) < 4.78 is 5.28. The fraction of sp³-hybridized carbons (Fsp3) is 0.636. The number of nitrogens with one attached hydrogen (secondary N) is 3. The van der Waals surface area contributed by atoms with E-state index in [1.807, 2.05) is 13.8 Å². The van der Waals surface area contributed by atoms with Crippen molar-refractivity contribution >= 4 is 17.9 Å². The Morgan fingerprint density at radius 2 is 1.75 bits per heavy atom. The van der Waals surface area contributed by atoms with Gasteiger partial charge >= 0.3 is 12.0 Å². The normalized spacial score (nSPS) is 9.90. The summed E-state index contributed by atoms with van der Waals surface area (Å²) in [6.07, 6.45) is 0.959. The van der Waals surface area contributed by atoms with Gasteiger partial charge in [0.25, 0.3) is 0 Å². The molecule has 0 unspecified atom stereocenters. The molecule has 0 aliphatic heterocycles. The van der Waals surface area contributed by atoms with Gasteiger partial charge in [0.05, 0.1) is 6.61 Å². The first-order chi connectivity index (χ1) is 9.65. The minimum Gasteiger partial charge on any atom is -0.464 e. The van der Waals surface area contributed by atoms with Crippen LogP contribution in [0.2, 0.25) is 0 Å². The van der Waals surface area contributed by atoms with Gasteiger partial charge in [-0.2, -0.15) is 15.0 Å². The molecular formula is C11H21N7O2. The molecule has 1 aromatic heterocycles. The quantitative estimate of drug-likeness (QED) is 0.476. The van der Waals surface area contributed by atoms with Crippen LogP contribution in [0.4, 0.5) is 16.7 Å². The van der Waals surface area contributed by atoms with Gasteiger partial charge in [0.1, 0.15) is 0 Å². The molecule has 0 aromatic carbocycles. The van der Waals surface area contributed by atoms with Crippen molar-refractivity contribution in [3.05, 3.63) is 0 Å². The first-order valence-corrected chi connectivity index (χ1v) is 6.55. The van der Waals surface area contributed by atoms with Crippen molar-refractivity contribution in [2.75, 3.05) is 36.9 Å². The smallest absolute Gasteiger partial charge is 0.323 e. The molecule has 1 rings (SSSR count). The molecule has 0 radical (unpaired) electrons. The predicted molar refractivity (Wildman–Crippen MR) is 75.9 cm³/mol. The molecule has 9 heteroatoms. The number of carbonyl (C=O) groups excluding carboxylic acids is 1. The van der Waals surface area contributed by atoms with Crippen molar-refractivity contribution < 1.29 is 9.53 Å². The number of aromatic nitrogens is 3. The number of urea groups is 1. The second kappa shape index (κ2) is 8.73. The highest BCUT2D eigenvalue weighted by Gasteiger charge is 2.06. The average Bonchev–Trinajstić information content (AvgIpc) is 2.41. The highest BCUT2D eigenvalue weighted by molar-refractivity contribution is 5.71. The molecule has 0 atom stereocenters. The van der Waals surface area contributed by atoms with E-state index in [1.54, 1.807) is 0 Å². The van der Waals surface area contributed by atoms with Crippen molar-refractivity contribution in [2.24, 2.45) is 5.73 Å². The lowest BCUT2D eigenvalue weighted by Gasteiger charge is -2.09. The summed E-state index contributed by atoms with van der Waals surface area (Å²) in [5, 5.41) is 8.50. The van der Waals surface area contributed by atoms with Gasteiger partial charge in [-0.15, -0.1) is 0 Å². The minimum absolute atomic E-state index is 0.256. The molecule has 0 aliphatic carbocycles. The predicted octanol–water partition coefficient (Wildman–Crippen LogP) is 0.172. The minimum atomic E-state index is -0.567. The van der Waals surface area contributed by atoms with E-state index in [-0.39, 0.29) is 6.01 Å². The van der Waals surface area contributed by atoms with E-state index in [4.69, 9.17) is 10.5 Å². The molecular weight excluding hydrogens is 262 g/mol. The standard InChI is InChI=1S/C11H21N7O2/c1-3-5-14-9-16-10(15-7-6-13-8(12)19)18-11(17-9)20-4-2/h3-7H2,1-2H3,(H3,12,13,19)(H2,14,15,16,17,18). The van der Waals surface area contributed by atoms with Crippen LogP contribution in [-0.4, -0.2) is 47.2 Å². The number of nitrogens with two attached hydrogens (primary N) is 1. The number of ether oxygens (including phenoxy) is 1. The number of hydrogen-bond acceptors (Lipinski definition) is 7. The number of primary amides is 1. The number of amides is 2. The fourth-order valence-corrected chi connectivity index (χ4v) is 1.31. The highest BCUT2D eigenvalue weighted by Crippen LogP contribution is 2.10. The van der Waals surface area contributed by atoms with Crippen molar-refractivity contribution in [2.45, 2.75) is 20.3 Å². The van der Waals surface area contributed by atoms with Crippen LogP contribution in [0.25, 0.3) is 0 Å². The Morgan fingerprint density at radius 1 is 1.10 bits per heavy atom. The zero-order chi connectivity index (χ0) is 14.8. The van der Waals surface area contributed by atoms with Gasteiger partial charge < -0.3 is 26.4 Å². The zero-order valence-corrected chi connectivity index (χ0v) is 11.8. The van der Waals surface area contributed by atoms with Crippen LogP contribution in [0.15, 0.2) is 0 Å². The van der Waals surface area contributed by atoms with Crippen molar-refractivity contribution in [3.8, 4) is 6.01 Å². The second-order valence-electron chi connectivity index (χ2n) is 3.84. The Labute approximate surface area is 117 Å². The van der Waals surface area contributed by atoms with Crippen LogP contribution < -0.4 is 26.4 Å². The molecule has 0 saturated carbocycles. The SMILES string of the molecule is CCCNc1nc(NCCNC(N)=O)nc(OCC)n1. The summed E-state index contributed by atoms with van der Waals surface area (Å²) >= 11 is 0. The lowest BCUT2D eigenvalue weighted by molar-refractivity contribution is 0.249. The topological polar surface area (TPSA) is 127 Å². The summed E-state index contributed by atoms with van der Waals surface area (Å²) in [4.78, 5) is 23.0. The maximum atomic E-state index is 10.5. The van der Waals surface area contributed by atoms with Crippen LogP contribution in [0.1, 0.15) is 20.3 Å². The van der Waals surface area contributed by atoms with Gasteiger partial charge in [0.2, 0.25) is 11.9 Å². The summed E-state index contributed by atoms with van der Waals surface area (Å²) in [5.41, 5.74) is 4.97. The molecule has 1 aromatic rings. The fourth-order valence-electron chi connectivity index (χ4n) is 1.31. The first kappa shape index (κ1) is 15.7. The third kappa shape index (κ3) is 6.03. The Morgan fingerprint density at radius 3 is 2.30 bits per heavy atom. The monoisotopic (exact) mass is 283 g/mol. The van der Waals surface area contributed by atoms with Gasteiger partial charge in [0.15, 0.2) is 0 Å². The molecule has 1 heterocycles. The van der Waals surface area contributed by atoms with Crippen LogP contribution in [0, 0.1) is 0 Å². The second-order valence-corrected chi connectivity index (χ2v) is 3.84. The molecule has 5 N–H and O–H groups in total. The molecule has 0 bridgehead atoms. The summed E-state index contributed by atoms with van der Waals surface area (Å²) in [6.45, 7) is 5.96. The van der Waals surface area contributed by atoms with E-state index >= 15 is 0 Å². The summed E-state index contributed by atoms with van der Waals surface area (Å²) in [5.74, 6) is 0.837. The lowest BCUT2D eigenvalue weighted by Crippen LogP contribution is -2.33. The molecule has 0 aliphatic rings. The van der Waals surface area contributed by atoms with Crippen molar-refractivity contribution in [1.82, 2.24) is 20.3 Å². The number of anilines is 2. The maximum Gasteiger partial charge on any atom is 0.323 e. The Balaban J connectivity index is 2.62. The largest absolute Gasteiger partial charge is 0.464 e. The van der Waals surface area contributed by atoms with Gasteiger partial charge in [-0.3, -0.25) is 0 Å². The van der Waals surface area contributed by atoms with E-state index < -0.39 is 6.03 Å². The molecule has 0 saturated heterocycles. The van der Waals surface area contributed by atoms with E-state index in [1.165, 1.54) is 0 Å². The van der Waals surface area contributed by atoms with Gasteiger partial charge in [0, 0.05) is 19.6 Å². The Bertz CT molecular complexity index is 427. The third-order valence-electron chi connectivity index (χ3n) is 2.13. The van der Waals surface area contributed by atoms with E-state index in [0.717, 1.165) is 13.0 Å². The molecule has 0 spiro atoms. The van der Waals surface area contributed by atoms with Crippen LogP contribution in [-0.2, 0) is 0 Å². The summed E-state index contributed by atoms with van der Waals surface area (Å²) in [6, 6.07) is -0.311. The molecule has 2 amide bonds. The number of nitrogens with zero attached hydrogens (tertiary/aromatic N) is 3. The van der Waals surface area contributed by atoms with E-state index in [9.17, 15) is 4.79 Å². The number of carbonyl (C=O) groups is 1. The molecule has 112 valence electrons. The van der Waals surface area contributed by atoms with E-state index in [0.29, 0.717) is 31.6 Å². The molecule has 9 nitrogen and oxygen atoms in total. The summed E-state index contributed by atoms with van der Waals surface area (Å²) in [7, 11) is 0. The number of hydrogen-bond donors (Lipinski definition) is 4. The zero-order valence-electron chi connectivity index (χ0n) is 11.8. The molecule has 0 fully saturated rings. The first-order valence-electron chi connectivity index (χ1n) is 6.55. The Kier molecular flexibility index (Phi) is 6.87. The van der Waals surface area contributed by atoms with Crippen molar-refractivity contribution in [1.29, 1.82) is 0 Å². The third-order valence-corrected chi connectivity index (χ3v) is 2.13. The molecule has 20 heavy (non-hydrogen) atoms. The van der Waals surface area contributed by atoms with Crippen LogP contribution >= 0.6 is 0 Å². The van der Waals surface area contributed by atoms with E-state index in [2.05, 4.69) is 30.9 Å². The average molecular weight is 283 g/mol. The number of rotatable bonds is 9. The highest BCUT2D eigenvalue weighted by atomic mass is 16.5. The van der Waals surface area contributed by atoms with Gasteiger partial charge in [-0.05, 0) is 13.3 Å². The van der Waals surface area contributed by atoms with Gasteiger partial charge in [-0.25, -0.2) is 4.79 Å². The lowest BCUT2D eigenvalue weighted by atomic mass is 10.5. The maximum absolute atomic E-state index is 10.5. The van der Waals surface area contributed by atoms with Crippen molar-refractivity contribution in [3.63, 3.8) is 0 Å². The van der Waals surface area contributed by atoms with Crippen LogP contribution in [0.3, 0.4) is 0 Å². The van der Waals surface area contributed by atoms with Gasteiger partial charge in [-0.1, -0.05) is 6.92 Å². The van der Waals surface area contributed by atoms with Crippen LogP contribution in [0.5, 0.6) is 6.01 Å². The Hall–Kier alpha value is -2.32.